The Morgan fingerprint density at radius 1 is 0.514 bits per heavy atom. The quantitative estimate of drug-likeness (QED) is 0.144. The Kier molecular flexibility index (Phi) is 13.9. The van der Waals surface area contributed by atoms with Crippen molar-refractivity contribution >= 4 is 11.4 Å². The van der Waals surface area contributed by atoms with E-state index >= 15 is 0 Å². The van der Waals surface area contributed by atoms with E-state index in [0.29, 0.717) is 6.67 Å². The monoisotopic (exact) mass is 502 g/mol. The van der Waals surface area contributed by atoms with Crippen LogP contribution >= 0.6 is 0 Å². The summed E-state index contributed by atoms with van der Waals surface area (Å²) in [7, 11) is 0. The second-order valence-corrected chi connectivity index (χ2v) is 10.6. The molecule has 1 heterocycles. The minimum absolute atomic E-state index is 0.696. The van der Waals surface area contributed by atoms with Crippen LogP contribution in [0.1, 0.15) is 115 Å². The number of unbranched alkanes of at least 4 members (excludes halogenated alkanes) is 12. The molecule has 0 amide bonds. The molecule has 4 heteroatoms. The van der Waals surface area contributed by atoms with Gasteiger partial charge in [-0.1, -0.05) is 115 Å². The Morgan fingerprint density at radius 3 is 1.30 bits per heavy atom. The fraction of sp³-hybridized carbons (Fsp3) is 0.576. The van der Waals surface area contributed by atoms with E-state index < -0.39 is 0 Å². The molecule has 4 nitrogen and oxygen atoms in total. The molecule has 0 aliphatic carbocycles. The van der Waals surface area contributed by atoms with Gasteiger partial charge in [-0.05, 0) is 61.1 Å². The van der Waals surface area contributed by atoms with Gasteiger partial charge in [-0.2, -0.15) is 0 Å². The van der Waals surface area contributed by atoms with Crippen LogP contribution in [0.5, 0.6) is 0 Å². The number of rotatable bonds is 20. The van der Waals surface area contributed by atoms with Crippen molar-refractivity contribution in [1.29, 1.82) is 0 Å². The zero-order valence-corrected chi connectivity index (χ0v) is 23.6. The fourth-order valence-corrected chi connectivity index (χ4v) is 5.03. The highest BCUT2D eigenvalue weighted by Gasteiger charge is 2.11. The van der Waals surface area contributed by atoms with Crippen LogP contribution in [0, 0.1) is 0 Å². The van der Waals surface area contributed by atoms with Crippen molar-refractivity contribution in [2.24, 2.45) is 0 Å². The van der Waals surface area contributed by atoms with E-state index in [4.69, 9.17) is 0 Å². The van der Waals surface area contributed by atoms with Crippen LogP contribution in [0.25, 0.3) is 0 Å². The van der Waals surface area contributed by atoms with E-state index in [2.05, 4.69) is 77.5 Å². The molecule has 0 spiro atoms. The summed E-state index contributed by atoms with van der Waals surface area (Å²) in [5, 5.41) is 8.01. The van der Waals surface area contributed by atoms with Crippen LogP contribution in [0.15, 0.2) is 61.2 Å². The SMILES string of the molecule is CCCCCCCCCc1ccc(N(Cn2cnnc2)c2ccc(CCCCCCCCC)cc2)cc1. The van der Waals surface area contributed by atoms with Crippen LogP contribution in [0.2, 0.25) is 0 Å². The summed E-state index contributed by atoms with van der Waals surface area (Å²) >= 11 is 0. The van der Waals surface area contributed by atoms with Gasteiger partial charge in [0.15, 0.2) is 0 Å². The summed E-state index contributed by atoms with van der Waals surface area (Å²) in [5.74, 6) is 0. The van der Waals surface area contributed by atoms with Crippen LogP contribution in [0.3, 0.4) is 0 Å². The van der Waals surface area contributed by atoms with Crippen molar-refractivity contribution in [3.8, 4) is 0 Å². The van der Waals surface area contributed by atoms with Crippen molar-refractivity contribution < 1.29 is 0 Å². The summed E-state index contributed by atoms with van der Waals surface area (Å²) in [6.07, 6.45) is 24.9. The maximum absolute atomic E-state index is 4.01. The van der Waals surface area contributed by atoms with Crippen LogP contribution in [-0.2, 0) is 19.5 Å². The van der Waals surface area contributed by atoms with Crippen molar-refractivity contribution in [3.05, 3.63) is 72.3 Å². The van der Waals surface area contributed by atoms with E-state index in [1.165, 1.54) is 125 Å². The van der Waals surface area contributed by atoms with Crippen LogP contribution < -0.4 is 4.90 Å². The summed E-state index contributed by atoms with van der Waals surface area (Å²) in [6, 6.07) is 18.3. The van der Waals surface area contributed by atoms with E-state index in [9.17, 15) is 0 Å². The molecule has 0 saturated heterocycles. The Labute approximate surface area is 226 Å². The highest BCUT2D eigenvalue weighted by atomic mass is 15.3. The summed E-state index contributed by atoms with van der Waals surface area (Å²) in [6.45, 7) is 5.26. The van der Waals surface area contributed by atoms with Gasteiger partial charge < -0.3 is 9.47 Å². The van der Waals surface area contributed by atoms with Gasteiger partial charge in [-0.3, -0.25) is 0 Å². The van der Waals surface area contributed by atoms with Crippen LogP contribution in [-0.4, -0.2) is 14.8 Å². The molecule has 2 aromatic carbocycles. The highest BCUT2D eigenvalue weighted by Crippen LogP contribution is 2.28. The van der Waals surface area contributed by atoms with Crippen LogP contribution in [0.4, 0.5) is 11.4 Å². The van der Waals surface area contributed by atoms with Gasteiger partial charge in [0.1, 0.15) is 19.3 Å². The largest absolute Gasteiger partial charge is 0.323 e. The molecular weight excluding hydrogens is 452 g/mol. The maximum Gasteiger partial charge on any atom is 0.120 e. The molecule has 3 rings (SSSR count). The van der Waals surface area contributed by atoms with Gasteiger partial charge in [0, 0.05) is 11.4 Å². The first-order chi connectivity index (χ1) is 18.3. The molecule has 0 aliphatic heterocycles. The maximum atomic E-state index is 4.01. The molecule has 0 bridgehead atoms. The number of hydrogen-bond donors (Lipinski definition) is 0. The molecular formula is C33H50N4. The smallest absolute Gasteiger partial charge is 0.120 e. The first kappa shape index (κ1) is 28.9. The van der Waals surface area contributed by atoms with E-state index in [1.807, 2.05) is 4.57 Å². The second-order valence-electron chi connectivity index (χ2n) is 10.6. The van der Waals surface area contributed by atoms with Crippen molar-refractivity contribution in [2.75, 3.05) is 4.90 Å². The Balaban J connectivity index is 1.53. The normalized spacial score (nSPS) is 11.2. The second kappa shape index (κ2) is 17.8. The lowest BCUT2D eigenvalue weighted by Gasteiger charge is -2.25. The molecule has 0 radical (unpaired) electrons. The lowest BCUT2D eigenvalue weighted by molar-refractivity contribution is 0.589. The first-order valence-corrected chi connectivity index (χ1v) is 15.1. The van der Waals surface area contributed by atoms with Crippen molar-refractivity contribution in [2.45, 2.75) is 123 Å². The number of nitrogens with zero attached hydrogens (tertiary/aromatic N) is 4. The van der Waals surface area contributed by atoms with Gasteiger partial charge in [0.2, 0.25) is 0 Å². The minimum Gasteiger partial charge on any atom is -0.323 e. The standard InChI is InChI=1S/C33H50N4/c1-3-5-7-9-11-13-15-17-30-19-23-32(24-20-30)37(29-36-27-34-35-28-36)33-25-21-31(22-26-33)18-16-14-12-10-8-6-4-2/h19-28H,3-18,29H2,1-2H3. The molecule has 0 unspecified atom stereocenters. The zero-order chi connectivity index (χ0) is 26.0. The summed E-state index contributed by atoms with van der Waals surface area (Å²) < 4.78 is 2.03. The van der Waals surface area contributed by atoms with Gasteiger partial charge in [-0.25, -0.2) is 0 Å². The predicted octanol–water partition coefficient (Wildman–Crippen LogP) is 9.66. The summed E-state index contributed by atoms with van der Waals surface area (Å²) in [5.41, 5.74) is 5.28. The number of anilines is 2. The van der Waals surface area contributed by atoms with E-state index in [0.717, 1.165) is 0 Å². The van der Waals surface area contributed by atoms with E-state index in [-0.39, 0.29) is 0 Å². The highest BCUT2D eigenvalue weighted by molar-refractivity contribution is 5.63. The molecule has 0 aliphatic rings. The third-order valence-corrected chi connectivity index (χ3v) is 7.41. The predicted molar refractivity (Wildman–Crippen MR) is 158 cm³/mol. The Bertz CT molecular complexity index is 870. The molecule has 37 heavy (non-hydrogen) atoms. The third kappa shape index (κ3) is 11.1. The Hall–Kier alpha value is -2.62. The molecule has 3 aromatic rings. The lowest BCUT2D eigenvalue weighted by Crippen LogP contribution is -2.20. The molecule has 0 N–H and O–H groups in total. The molecule has 0 saturated carbocycles. The first-order valence-electron chi connectivity index (χ1n) is 15.1. The molecule has 202 valence electrons. The molecule has 0 atom stereocenters. The zero-order valence-electron chi connectivity index (χ0n) is 23.6. The third-order valence-electron chi connectivity index (χ3n) is 7.41. The summed E-state index contributed by atoms with van der Waals surface area (Å²) in [4.78, 5) is 2.35. The Morgan fingerprint density at radius 2 is 0.892 bits per heavy atom. The van der Waals surface area contributed by atoms with Crippen molar-refractivity contribution in [1.82, 2.24) is 14.8 Å². The van der Waals surface area contributed by atoms with Gasteiger partial charge >= 0.3 is 0 Å². The molecule has 1 aromatic heterocycles. The number of benzene rings is 2. The average molecular weight is 503 g/mol. The number of aromatic nitrogens is 3. The number of hydrogen-bond acceptors (Lipinski definition) is 3. The lowest BCUT2D eigenvalue weighted by atomic mass is 10.0. The van der Waals surface area contributed by atoms with Gasteiger partial charge in [0.05, 0.1) is 0 Å². The van der Waals surface area contributed by atoms with Gasteiger partial charge in [-0.15, -0.1) is 10.2 Å². The average Bonchev–Trinajstić information content (AvgIpc) is 3.45. The number of aryl methyl sites for hydroxylation is 2. The topological polar surface area (TPSA) is 34.0 Å². The van der Waals surface area contributed by atoms with E-state index in [1.54, 1.807) is 12.7 Å². The van der Waals surface area contributed by atoms with Gasteiger partial charge in [0.25, 0.3) is 0 Å². The minimum atomic E-state index is 0.696. The van der Waals surface area contributed by atoms with Crippen molar-refractivity contribution in [3.63, 3.8) is 0 Å². The molecule has 0 fully saturated rings. The fourth-order valence-electron chi connectivity index (χ4n) is 5.03.